The third-order valence-corrected chi connectivity index (χ3v) is 15.8. The van der Waals surface area contributed by atoms with Gasteiger partial charge in [0.25, 0.3) is 0 Å². The summed E-state index contributed by atoms with van der Waals surface area (Å²) in [5, 5.41) is 31.5. The van der Waals surface area contributed by atoms with Crippen LogP contribution in [0.3, 0.4) is 0 Å². The standard InChI is InChI=1S/C66H36F6N6O/c1-35-19-25-54-45(29-35)39-11-3-7-15-51(39)75(54)61-49(33-73)59(76-52-16-8-4-12-40(52)47-31-37(65(67,68)69)21-27-55(47)76)60(77-53-17-9-5-13-41(53)48-32-38(66(70,71)72)22-28-56(48)77)50(34-74)62(61)78-57-26-20-36(2)30-46(57)43-23-24-44-42-14-6-10-18-58(42)79-64(44)63(43)78/h3-32H,1-2H3. The van der Waals surface area contributed by atoms with Gasteiger partial charge in [0.1, 0.15) is 28.8 Å². The van der Waals surface area contributed by atoms with Crippen molar-refractivity contribution in [2.45, 2.75) is 26.2 Å². The van der Waals surface area contributed by atoms with E-state index in [4.69, 9.17) is 4.42 Å². The Bertz CT molecular complexity index is 5300. The molecule has 0 N–H and O–H groups in total. The maximum atomic E-state index is 14.8. The Morgan fingerprint density at radius 1 is 0.354 bits per heavy atom. The van der Waals surface area contributed by atoms with Gasteiger partial charge in [0.15, 0.2) is 5.58 Å². The lowest BCUT2D eigenvalue weighted by Crippen LogP contribution is -2.17. The van der Waals surface area contributed by atoms with Gasteiger partial charge in [-0.05, 0) is 105 Å². The number of nitriles is 2. The van der Waals surface area contributed by atoms with Gasteiger partial charge in [0.2, 0.25) is 0 Å². The van der Waals surface area contributed by atoms with E-state index in [9.17, 15) is 36.9 Å². The monoisotopic (exact) mass is 1040 g/mol. The highest BCUT2D eigenvalue weighted by atomic mass is 19.4. The summed E-state index contributed by atoms with van der Waals surface area (Å²) in [6.07, 6.45) is -9.44. The molecule has 0 amide bonds. The normalized spacial score (nSPS) is 12.5. The molecule has 378 valence electrons. The molecule has 0 unspecified atom stereocenters. The minimum absolute atomic E-state index is 0.00470. The quantitative estimate of drug-likeness (QED) is 0.165. The number of furan rings is 1. The fraction of sp³-hybridized carbons (Fsp3) is 0.0606. The van der Waals surface area contributed by atoms with E-state index in [-0.39, 0.29) is 55.7 Å². The predicted molar refractivity (Wildman–Crippen MR) is 300 cm³/mol. The van der Waals surface area contributed by atoms with Gasteiger partial charge >= 0.3 is 12.4 Å². The van der Waals surface area contributed by atoms with Gasteiger partial charge in [-0.25, -0.2) is 0 Å². The van der Waals surface area contributed by atoms with Crippen molar-refractivity contribution < 1.29 is 30.8 Å². The van der Waals surface area contributed by atoms with Crippen LogP contribution in [0.5, 0.6) is 0 Å². The zero-order valence-electron chi connectivity index (χ0n) is 41.7. The lowest BCUT2D eigenvalue weighted by Gasteiger charge is -2.27. The number of alkyl halides is 6. The first-order valence-electron chi connectivity index (χ1n) is 25.3. The van der Waals surface area contributed by atoms with Crippen molar-refractivity contribution in [3.63, 3.8) is 0 Å². The molecular weight excluding hydrogens is 1010 g/mol. The number of hydrogen-bond donors (Lipinski definition) is 0. The molecule has 0 aliphatic heterocycles. The zero-order valence-corrected chi connectivity index (χ0v) is 41.7. The van der Waals surface area contributed by atoms with E-state index in [1.807, 2.05) is 108 Å². The van der Waals surface area contributed by atoms with E-state index in [0.717, 1.165) is 67.7 Å². The lowest BCUT2D eigenvalue weighted by molar-refractivity contribution is -0.138. The molecule has 0 aliphatic carbocycles. The molecule has 15 rings (SSSR count). The third kappa shape index (κ3) is 6.35. The van der Waals surface area contributed by atoms with Crippen LogP contribution >= 0.6 is 0 Å². The highest BCUT2D eigenvalue weighted by Gasteiger charge is 2.37. The maximum absolute atomic E-state index is 14.8. The van der Waals surface area contributed by atoms with Crippen molar-refractivity contribution in [3.05, 3.63) is 215 Å². The highest BCUT2D eigenvalue weighted by Crippen LogP contribution is 2.51. The molecular formula is C66H36F6N6O. The molecule has 0 bridgehead atoms. The summed E-state index contributed by atoms with van der Waals surface area (Å²) >= 11 is 0. The average molecular weight is 1040 g/mol. The molecule has 79 heavy (non-hydrogen) atoms. The van der Waals surface area contributed by atoms with Gasteiger partial charge in [-0.1, -0.05) is 102 Å². The molecule has 5 heterocycles. The number of nitrogens with zero attached hydrogens (tertiary/aromatic N) is 6. The van der Waals surface area contributed by atoms with Gasteiger partial charge in [-0.2, -0.15) is 36.9 Å². The summed E-state index contributed by atoms with van der Waals surface area (Å²) in [7, 11) is 0. The van der Waals surface area contributed by atoms with Crippen LogP contribution in [0.1, 0.15) is 33.4 Å². The van der Waals surface area contributed by atoms with Crippen molar-refractivity contribution in [2.24, 2.45) is 0 Å². The highest BCUT2D eigenvalue weighted by molar-refractivity contribution is 6.23. The molecule has 15 aromatic rings. The van der Waals surface area contributed by atoms with E-state index >= 15 is 0 Å². The van der Waals surface area contributed by atoms with Gasteiger partial charge in [-0.3, -0.25) is 0 Å². The number of rotatable bonds is 4. The van der Waals surface area contributed by atoms with E-state index in [2.05, 4.69) is 24.3 Å². The summed E-state index contributed by atoms with van der Waals surface area (Å²) in [4.78, 5) is 0. The second-order valence-electron chi connectivity index (χ2n) is 20.2. The largest absolute Gasteiger partial charge is 0.454 e. The molecule has 0 atom stereocenters. The minimum atomic E-state index is -4.72. The first kappa shape index (κ1) is 46.1. The van der Waals surface area contributed by atoms with Crippen LogP contribution in [0, 0.1) is 36.5 Å². The molecule has 0 aliphatic rings. The van der Waals surface area contributed by atoms with Crippen LogP contribution in [-0.2, 0) is 12.4 Å². The smallest absolute Gasteiger partial charge is 0.416 e. The Morgan fingerprint density at radius 2 is 0.709 bits per heavy atom. The number of para-hydroxylation sites is 4. The van der Waals surface area contributed by atoms with Gasteiger partial charge in [0.05, 0.1) is 78.0 Å². The number of hydrogen-bond acceptors (Lipinski definition) is 3. The summed E-state index contributed by atoms with van der Waals surface area (Å²) < 4.78 is 103. The van der Waals surface area contributed by atoms with Crippen molar-refractivity contribution in [1.82, 2.24) is 18.3 Å². The van der Waals surface area contributed by atoms with Crippen LogP contribution in [0.15, 0.2) is 186 Å². The molecule has 0 fully saturated rings. The molecule has 0 saturated carbocycles. The summed E-state index contributed by atoms with van der Waals surface area (Å²) in [6, 6.07) is 57.7. The van der Waals surface area contributed by atoms with E-state index < -0.39 is 23.5 Å². The molecule has 7 nitrogen and oxygen atoms in total. The lowest BCUT2D eigenvalue weighted by atomic mass is 9.98. The maximum Gasteiger partial charge on any atom is 0.416 e. The van der Waals surface area contributed by atoms with Crippen molar-refractivity contribution in [2.75, 3.05) is 0 Å². The van der Waals surface area contributed by atoms with Crippen molar-refractivity contribution >= 4 is 109 Å². The first-order valence-corrected chi connectivity index (χ1v) is 25.3. The van der Waals surface area contributed by atoms with Gasteiger partial charge in [0, 0.05) is 53.9 Å². The first-order chi connectivity index (χ1) is 38.2. The fourth-order valence-corrected chi connectivity index (χ4v) is 12.5. The number of aryl methyl sites for hydroxylation is 2. The molecule has 10 aromatic carbocycles. The Hall–Kier alpha value is -10.2. The van der Waals surface area contributed by atoms with Crippen LogP contribution in [0.2, 0.25) is 0 Å². The van der Waals surface area contributed by atoms with Crippen molar-refractivity contribution in [1.29, 1.82) is 10.5 Å². The SMILES string of the molecule is Cc1ccc2c(c1)c1ccccc1n2-c1c(C#N)c(-n2c3ccccc3c3cc(C(F)(F)F)ccc32)c(-n2c3ccccc3c3cc(C(F)(F)F)ccc32)c(C#N)c1-n1c2ccc(C)cc2c2ccc3c4ccccc4oc3c21. The van der Waals surface area contributed by atoms with E-state index in [0.29, 0.717) is 55.0 Å². The molecule has 0 saturated heterocycles. The number of fused-ring (bicyclic) bond motifs is 16. The molecule has 13 heteroatoms. The van der Waals surface area contributed by atoms with Crippen LogP contribution in [-0.4, -0.2) is 18.3 Å². The third-order valence-electron chi connectivity index (χ3n) is 15.8. The number of benzene rings is 10. The van der Waals surface area contributed by atoms with E-state index in [1.54, 1.807) is 57.7 Å². The number of halogens is 6. The summed E-state index contributed by atoms with van der Waals surface area (Å²) in [5.74, 6) is 0. The summed E-state index contributed by atoms with van der Waals surface area (Å²) in [5.41, 5.74) is 5.96. The Kier molecular flexibility index (Phi) is 9.42. The van der Waals surface area contributed by atoms with E-state index in [1.165, 1.54) is 12.1 Å². The summed E-state index contributed by atoms with van der Waals surface area (Å²) in [6.45, 7) is 3.98. The predicted octanol–water partition coefficient (Wildman–Crippen LogP) is 18.4. The average Bonchev–Trinajstić information content (AvgIpc) is 3.01. The molecule has 5 aromatic heterocycles. The second kappa shape index (κ2) is 16.1. The van der Waals surface area contributed by atoms with Crippen LogP contribution in [0.25, 0.3) is 132 Å². The zero-order chi connectivity index (χ0) is 54.0. The Labute approximate surface area is 443 Å². The second-order valence-corrected chi connectivity index (χ2v) is 20.2. The minimum Gasteiger partial charge on any atom is -0.454 e. The topological polar surface area (TPSA) is 80.4 Å². The van der Waals surface area contributed by atoms with Crippen LogP contribution < -0.4 is 0 Å². The Morgan fingerprint density at radius 3 is 1.16 bits per heavy atom. The van der Waals surface area contributed by atoms with Crippen molar-refractivity contribution in [3.8, 4) is 34.9 Å². The number of aromatic nitrogens is 4. The van der Waals surface area contributed by atoms with Gasteiger partial charge < -0.3 is 22.7 Å². The van der Waals surface area contributed by atoms with Gasteiger partial charge in [-0.15, -0.1) is 0 Å². The Balaban J connectivity index is 1.27. The molecule has 0 radical (unpaired) electrons. The fourth-order valence-electron chi connectivity index (χ4n) is 12.5. The van der Waals surface area contributed by atoms with Crippen LogP contribution in [0.4, 0.5) is 26.3 Å². The molecule has 0 spiro atoms.